The first-order valence-corrected chi connectivity index (χ1v) is 7.38. The Morgan fingerprint density at radius 3 is 2.26 bits per heavy atom. The van der Waals surface area contributed by atoms with Crippen LogP contribution in [0.1, 0.15) is 38.3 Å². The number of esters is 2. The lowest BCUT2D eigenvalue weighted by atomic mass is 9.98. The van der Waals surface area contributed by atoms with Crippen molar-refractivity contribution in [3.8, 4) is 17.2 Å². The number of phenolic OH excluding ortho intramolecular Hbond substituents is 1. The maximum Gasteiger partial charge on any atom is 0.320 e. The molecule has 2 rings (SSSR count). The van der Waals surface area contributed by atoms with Gasteiger partial charge in [-0.15, -0.1) is 0 Å². The monoisotopic (exact) mass is 324 g/mol. The molecule has 0 unspecified atom stereocenters. The van der Waals surface area contributed by atoms with Crippen LogP contribution in [0.2, 0.25) is 0 Å². The Morgan fingerprint density at radius 1 is 1.17 bits per heavy atom. The zero-order chi connectivity index (χ0) is 17.2. The highest BCUT2D eigenvalue weighted by Crippen LogP contribution is 2.46. The fourth-order valence-electron chi connectivity index (χ4n) is 2.53. The van der Waals surface area contributed by atoms with Crippen LogP contribution < -0.4 is 9.47 Å². The van der Waals surface area contributed by atoms with Crippen LogP contribution in [0.25, 0.3) is 0 Å². The molecule has 1 aliphatic heterocycles. The summed E-state index contributed by atoms with van der Waals surface area (Å²) in [6.45, 7) is 7.32. The first-order chi connectivity index (χ1) is 10.8. The Bertz CT molecular complexity index is 620. The molecule has 1 N–H and O–H groups in total. The largest absolute Gasteiger partial charge is 0.502 e. The molecule has 126 valence electrons. The zero-order valence-electron chi connectivity index (χ0n) is 13.6. The number of aromatic hydroxyl groups is 1. The molecule has 1 heterocycles. The third-order valence-electron chi connectivity index (χ3n) is 3.45. The van der Waals surface area contributed by atoms with Crippen molar-refractivity contribution in [2.75, 3.05) is 13.2 Å². The molecule has 0 saturated carbocycles. The maximum absolute atomic E-state index is 11.6. The lowest BCUT2D eigenvalue weighted by Gasteiger charge is -2.34. The van der Waals surface area contributed by atoms with Crippen LogP contribution in [0.15, 0.2) is 6.07 Å². The van der Waals surface area contributed by atoms with E-state index in [0.717, 1.165) is 0 Å². The molecular formula is C16H20O7. The van der Waals surface area contributed by atoms with Gasteiger partial charge in [-0.1, -0.05) is 0 Å². The van der Waals surface area contributed by atoms with E-state index in [4.69, 9.17) is 18.9 Å². The molecule has 0 amide bonds. The van der Waals surface area contributed by atoms with Crippen molar-refractivity contribution in [2.24, 2.45) is 0 Å². The van der Waals surface area contributed by atoms with Gasteiger partial charge in [0.05, 0.1) is 13.2 Å². The Balaban J connectivity index is 2.60. The first-order valence-electron chi connectivity index (χ1n) is 7.38. The number of phenols is 1. The molecular weight excluding hydrogens is 304 g/mol. The highest BCUT2D eigenvalue weighted by atomic mass is 16.7. The van der Waals surface area contributed by atoms with E-state index in [1.54, 1.807) is 20.8 Å². The van der Waals surface area contributed by atoms with Crippen LogP contribution in [-0.2, 0) is 24.8 Å². The molecule has 7 nitrogen and oxygen atoms in total. The van der Waals surface area contributed by atoms with Crippen LogP contribution in [0, 0.1) is 6.92 Å². The minimum absolute atomic E-state index is 0.146. The Labute approximate surface area is 134 Å². The molecule has 0 aromatic heterocycles. The summed E-state index contributed by atoms with van der Waals surface area (Å²) >= 11 is 0. The third kappa shape index (κ3) is 3.18. The third-order valence-corrected chi connectivity index (χ3v) is 3.45. The van der Waals surface area contributed by atoms with Crippen molar-refractivity contribution in [3.63, 3.8) is 0 Å². The Kier molecular flexibility index (Phi) is 4.68. The van der Waals surface area contributed by atoms with Crippen molar-refractivity contribution in [1.29, 1.82) is 0 Å². The SMILES string of the molecule is CCOc1cc(C2(C)OC(=O)CC(=O)O2)c(C)c(OCC)c1O. The van der Waals surface area contributed by atoms with Crippen molar-refractivity contribution in [3.05, 3.63) is 17.2 Å². The van der Waals surface area contributed by atoms with Crippen LogP contribution in [0.3, 0.4) is 0 Å². The second-order valence-electron chi connectivity index (χ2n) is 5.16. The number of carbonyl (C=O) groups excluding carboxylic acids is 2. The van der Waals surface area contributed by atoms with Gasteiger partial charge in [-0.25, -0.2) is 0 Å². The highest BCUT2D eigenvalue weighted by Gasteiger charge is 2.43. The van der Waals surface area contributed by atoms with Gasteiger partial charge in [-0.2, -0.15) is 0 Å². The number of ether oxygens (including phenoxy) is 4. The smallest absolute Gasteiger partial charge is 0.320 e. The van der Waals surface area contributed by atoms with E-state index in [-0.39, 0.29) is 17.2 Å². The average molecular weight is 324 g/mol. The molecule has 0 bridgehead atoms. The second-order valence-corrected chi connectivity index (χ2v) is 5.16. The molecule has 7 heteroatoms. The normalized spacial score (nSPS) is 16.5. The molecule has 0 spiro atoms. The Hall–Kier alpha value is -2.44. The van der Waals surface area contributed by atoms with E-state index in [9.17, 15) is 14.7 Å². The van der Waals surface area contributed by atoms with E-state index in [0.29, 0.717) is 24.3 Å². The van der Waals surface area contributed by atoms with Crippen LogP contribution in [0.4, 0.5) is 0 Å². The standard InChI is InChI=1S/C16H20O7/c1-5-20-11-7-10(9(3)15(14(11)19)21-6-2)16(4)22-12(17)8-13(18)23-16/h7,19H,5-6,8H2,1-4H3. The van der Waals surface area contributed by atoms with Gasteiger partial charge in [-0.05, 0) is 26.8 Å². The van der Waals surface area contributed by atoms with Gasteiger partial charge < -0.3 is 24.1 Å². The number of benzene rings is 1. The molecule has 1 aliphatic rings. The number of hydrogen-bond donors (Lipinski definition) is 1. The summed E-state index contributed by atoms with van der Waals surface area (Å²) < 4.78 is 21.4. The van der Waals surface area contributed by atoms with Crippen molar-refractivity contribution in [2.45, 2.75) is 39.9 Å². The van der Waals surface area contributed by atoms with Gasteiger partial charge in [-0.3, -0.25) is 9.59 Å². The minimum Gasteiger partial charge on any atom is -0.502 e. The number of hydrogen-bond acceptors (Lipinski definition) is 7. The van der Waals surface area contributed by atoms with Crippen LogP contribution in [0.5, 0.6) is 17.2 Å². The number of cyclic esters (lactones) is 2. The number of carbonyl (C=O) groups is 2. The van der Waals surface area contributed by atoms with E-state index in [1.165, 1.54) is 13.0 Å². The van der Waals surface area contributed by atoms with Gasteiger partial charge in [0, 0.05) is 18.1 Å². The summed E-state index contributed by atoms with van der Waals surface area (Å²) in [5.41, 5.74) is 0.876. The minimum atomic E-state index is -1.60. The van der Waals surface area contributed by atoms with Gasteiger partial charge >= 0.3 is 11.9 Å². The number of rotatable bonds is 5. The molecule has 1 aromatic carbocycles. The molecule has 1 saturated heterocycles. The van der Waals surface area contributed by atoms with E-state index < -0.39 is 24.1 Å². The van der Waals surface area contributed by atoms with E-state index in [2.05, 4.69) is 0 Å². The van der Waals surface area contributed by atoms with Crippen LogP contribution in [-0.4, -0.2) is 30.3 Å². The Morgan fingerprint density at radius 2 is 1.74 bits per heavy atom. The zero-order valence-corrected chi connectivity index (χ0v) is 13.6. The lowest BCUT2D eigenvalue weighted by molar-refractivity contribution is -0.243. The molecule has 1 fully saturated rings. The molecule has 0 atom stereocenters. The summed E-state index contributed by atoms with van der Waals surface area (Å²) in [5, 5.41) is 10.3. The molecule has 0 aliphatic carbocycles. The highest BCUT2D eigenvalue weighted by molar-refractivity contribution is 5.93. The van der Waals surface area contributed by atoms with Crippen molar-refractivity contribution < 1.29 is 33.6 Å². The van der Waals surface area contributed by atoms with Crippen LogP contribution >= 0.6 is 0 Å². The fraction of sp³-hybridized carbons (Fsp3) is 0.500. The van der Waals surface area contributed by atoms with Gasteiger partial charge in [0.25, 0.3) is 5.79 Å². The molecule has 1 aromatic rings. The van der Waals surface area contributed by atoms with E-state index in [1.807, 2.05) is 0 Å². The van der Waals surface area contributed by atoms with Gasteiger partial charge in [0.1, 0.15) is 6.42 Å². The van der Waals surface area contributed by atoms with Gasteiger partial charge in [0.2, 0.25) is 5.75 Å². The molecule has 0 radical (unpaired) electrons. The maximum atomic E-state index is 11.6. The fourth-order valence-corrected chi connectivity index (χ4v) is 2.53. The molecule has 23 heavy (non-hydrogen) atoms. The van der Waals surface area contributed by atoms with E-state index >= 15 is 0 Å². The summed E-state index contributed by atoms with van der Waals surface area (Å²) in [6, 6.07) is 1.49. The summed E-state index contributed by atoms with van der Waals surface area (Å²) in [5.74, 6) is -2.73. The predicted octanol–water partition coefficient (Wildman–Crippen LogP) is 2.16. The first kappa shape index (κ1) is 16.9. The van der Waals surface area contributed by atoms with Gasteiger partial charge in [0.15, 0.2) is 11.5 Å². The quantitative estimate of drug-likeness (QED) is 0.655. The topological polar surface area (TPSA) is 91.3 Å². The summed E-state index contributed by atoms with van der Waals surface area (Å²) in [7, 11) is 0. The van der Waals surface area contributed by atoms with Crippen molar-refractivity contribution >= 4 is 11.9 Å². The summed E-state index contributed by atoms with van der Waals surface area (Å²) in [6.07, 6.45) is -0.427. The second kappa shape index (κ2) is 6.36. The lowest BCUT2D eigenvalue weighted by Crippen LogP contribution is -2.41. The summed E-state index contributed by atoms with van der Waals surface area (Å²) in [4.78, 5) is 23.3. The van der Waals surface area contributed by atoms with Crippen molar-refractivity contribution in [1.82, 2.24) is 0 Å². The predicted molar refractivity (Wildman–Crippen MR) is 79.3 cm³/mol. The average Bonchev–Trinajstić information content (AvgIpc) is 2.45.